The van der Waals surface area contributed by atoms with Crippen LogP contribution in [0, 0.1) is 5.92 Å². The molecule has 0 bridgehead atoms. The molecule has 6 heteroatoms. The van der Waals surface area contributed by atoms with Crippen molar-refractivity contribution in [1.82, 2.24) is 15.1 Å². The van der Waals surface area contributed by atoms with Crippen LogP contribution in [0.3, 0.4) is 0 Å². The third-order valence-electron chi connectivity index (χ3n) is 6.12. The summed E-state index contributed by atoms with van der Waals surface area (Å²) in [4.78, 5) is 29.1. The smallest absolute Gasteiger partial charge is 0.251 e. The maximum atomic E-state index is 12.6. The second-order valence-electron chi connectivity index (χ2n) is 8.00. The van der Waals surface area contributed by atoms with Gasteiger partial charge in [-0.2, -0.15) is 0 Å². The predicted molar refractivity (Wildman–Crippen MR) is 96.2 cm³/mol. The predicted octanol–water partition coefficient (Wildman–Crippen LogP) is 1.39. The van der Waals surface area contributed by atoms with E-state index in [1.165, 1.54) is 12.8 Å². The van der Waals surface area contributed by atoms with Gasteiger partial charge in [-0.25, -0.2) is 0 Å². The molecule has 142 valence electrons. The largest absolute Gasteiger partial charge is 0.368 e. The number of piperazine rings is 1. The van der Waals surface area contributed by atoms with E-state index in [-0.39, 0.29) is 24.0 Å². The highest BCUT2D eigenvalue weighted by Gasteiger charge is 2.33. The molecule has 0 spiro atoms. The number of nitrogens with one attached hydrogen (secondary N) is 1. The Balaban J connectivity index is 1.42. The van der Waals surface area contributed by atoms with Gasteiger partial charge in [0.05, 0.1) is 6.04 Å². The van der Waals surface area contributed by atoms with Crippen molar-refractivity contribution in [3.8, 4) is 0 Å². The molecular formula is C19H33N3O3. The average Bonchev–Trinajstić information content (AvgIpc) is 3.17. The highest BCUT2D eigenvalue weighted by Crippen LogP contribution is 2.23. The second kappa shape index (κ2) is 8.49. The SMILES string of the molecule is CC1CCC(NC(=O)[C@@H](C)N2CCN(C(=O)[C@@H]3CCCO3)CC2)CC1. The lowest BCUT2D eigenvalue weighted by Gasteiger charge is -2.38. The summed E-state index contributed by atoms with van der Waals surface area (Å²) < 4.78 is 5.50. The van der Waals surface area contributed by atoms with Crippen molar-refractivity contribution in [1.29, 1.82) is 0 Å². The van der Waals surface area contributed by atoms with E-state index in [0.29, 0.717) is 25.7 Å². The lowest BCUT2D eigenvalue weighted by Crippen LogP contribution is -2.57. The Morgan fingerprint density at radius 2 is 1.72 bits per heavy atom. The molecule has 2 amide bonds. The van der Waals surface area contributed by atoms with E-state index in [4.69, 9.17) is 4.74 Å². The summed E-state index contributed by atoms with van der Waals surface area (Å²) in [5.41, 5.74) is 0. The third-order valence-corrected chi connectivity index (χ3v) is 6.12. The van der Waals surface area contributed by atoms with E-state index < -0.39 is 0 Å². The standard InChI is InChI=1S/C19H33N3O3/c1-14-5-7-16(8-6-14)20-18(23)15(2)21-9-11-22(12-10-21)19(24)17-4-3-13-25-17/h14-17H,3-13H2,1-2H3,(H,20,23)/t14?,15-,16?,17+/m1/s1. The quantitative estimate of drug-likeness (QED) is 0.831. The van der Waals surface area contributed by atoms with Crippen LogP contribution in [0.4, 0.5) is 0 Å². The zero-order valence-electron chi connectivity index (χ0n) is 15.7. The molecule has 0 aromatic carbocycles. The van der Waals surface area contributed by atoms with Crippen LogP contribution in [0.5, 0.6) is 0 Å². The topological polar surface area (TPSA) is 61.9 Å². The van der Waals surface area contributed by atoms with Gasteiger partial charge in [-0.15, -0.1) is 0 Å². The van der Waals surface area contributed by atoms with Crippen LogP contribution in [0.1, 0.15) is 52.4 Å². The Hall–Kier alpha value is -1.14. The van der Waals surface area contributed by atoms with Crippen LogP contribution in [0.2, 0.25) is 0 Å². The lowest BCUT2D eigenvalue weighted by molar-refractivity contribution is -0.143. The lowest BCUT2D eigenvalue weighted by atomic mass is 9.87. The summed E-state index contributed by atoms with van der Waals surface area (Å²) in [5, 5.41) is 3.23. The van der Waals surface area contributed by atoms with E-state index in [0.717, 1.165) is 44.7 Å². The molecule has 2 atom stereocenters. The van der Waals surface area contributed by atoms with Crippen LogP contribution >= 0.6 is 0 Å². The van der Waals surface area contributed by atoms with Gasteiger partial charge in [0.2, 0.25) is 5.91 Å². The molecule has 1 N–H and O–H groups in total. The van der Waals surface area contributed by atoms with Gasteiger partial charge in [-0.05, 0) is 51.4 Å². The molecule has 0 aromatic rings. The van der Waals surface area contributed by atoms with E-state index in [9.17, 15) is 9.59 Å². The summed E-state index contributed by atoms with van der Waals surface area (Å²) in [6.07, 6.45) is 6.21. The zero-order chi connectivity index (χ0) is 17.8. The van der Waals surface area contributed by atoms with Crippen LogP contribution < -0.4 is 5.32 Å². The maximum Gasteiger partial charge on any atom is 0.251 e. The molecule has 0 unspecified atom stereocenters. The van der Waals surface area contributed by atoms with Crippen molar-refractivity contribution in [2.75, 3.05) is 32.8 Å². The number of amides is 2. The summed E-state index contributed by atoms with van der Waals surface area (Å²) in [5.74, 6) is 1.06. The number of carbonyl (C=O) groups is 2. The summed E-state index contributed by atoms with van der Waals surface area (Å²) in [6, 6.07) is 0.216. The van der Waals surface area contributed by atoms with Crippen molar-refractivity contribution in [3.63, 3.8) is 0 Å². The first-order valence-corrected chi connectivity index (χ1v) is 9.99. The zero-order valence-corrected chi connectivity index (χ0v) is 15.7. The molecular weight excluding hydrogens is 318 g/mol. The molecule has 1 saturated carbocycles. The van der Waals surface area contributed by atoms with Crippen LogP contribution in [0.25, 0.3) is 0 Å². The summed E-state index contributed by atoms with van der Waals surface area (Å²) in [6.45, 7) is 7.88. The van der Waals surface area contributed by atoms with E-state index >= 15 is 0 Å². The number of hydrogen-bond donors (Lipinski definition) is 1. The maximum absolute atomic E-state index is 12.6. The van der Waals surface area contributed by atoms with Gasteiger partial charge in [-0.3, -0.25) is 14.5 Å². The minimum atomic E-state index is -0.235. The minimum Gasteiger partial charge on any atom is -0.368 e. The Morgan fingerprint density at radius 3 is 2.32 bits per heavy atom. The molecule has 25 heavy (non-hydrogen) atoms. The molecule has 3 aliphatic rings. The minimum absolute atomic E-state index is 0.126. The third kappa shape index (κ3) is 4.73. The fraction of sp³-hybridized carbons (Fsp3) is 0.895. The summed E-state index contributed by atoms with van der Waals surface area (Å²) >= 11 is 0. The molecule has 0 radical (unpaired) electrons. The molecule has 2 saturated heterocycles. The molecule has 2 aliphatic heterocycles. The number of ether oxygens (including phenoxy) is 1. The van der Waals surface area contributed by atoms with Gasteiger partial charge in [0, 0.05) is 38.8 Å². The van der Waals surface area contributed by atoms with Crippen LogP contribution in [0.15, 0.2) is 0 Å². The van der Waals surface area contributed by atoms with Crippen LogP contribution in [-0.4, -0.2) is 72.6 Å². The van der Waals surface area contributed by atoms with Crippen molar-refractivity contribution in [2.45, 2.75) is 70.6 Å². The van der Waals surface area contributed by atoms with E-state index in [1.807, 2.05) is 11.8 Å². The molecule has 1 aliphatic carbocycles. The first-order chi connectivity index (χ1) is 12.0. The highest BCUT2D eigenvalue weighted by molar-refractivity contribution is 5.82. The highest BCUT2D eigenvalue weighted by atomic mass is 16.5. The number of rotatable bonds is 4. The molecule has 3 fully saturated rings. The first kappa shape index (κ1) is 18.6. The Bertz CT molecular complexity index is 463. The number of carbonyl (C=O) groups excluding carboxylic acids is 2. The van der Waals surface area contributed by atoms with Gasteiger partial charge >= 0.3 is 0 Å². The van der Waals surface area contributed by atoms with Crippen molar-refractivity contribution in [2.24, 2.45) is 5.92 Å². The van der Waals surface area contributed by atoms with E-state index in [1.54, 1.807) is 0 Å². The average molecular weight is 351 g/mol. The number of hydrogen-bond acceptors (Lipinski definition) is 4. The van der Waals surface area contributed by atoms with Crippen molar-refractivity contribution >= 4 is 11.8 Å². The van der Waals surface area contributed by atoms with E-state index in [2.05, 4.69) is 17.1 Å². The number of nitrogens with zero attached hydrogens (tertiary/aromatic N) is 2. The normalized spacial score (nSPS) is 32.4. The summed E-state index contributed by atoms with van der Waals surface area (Å²) in [7, 11) is 0. The van der Waals surface area contributed by atoms with Crippen LogP contribution in [-0.2, 0) is 14.3 Å². The monoisotopic (exact) mass is 351 g/mol. The molecule has 0 aromatic heterocycles. The first-order valence-electron chi connectivity index (χ1n) is 9.99. The molecule has 6 nitrogen and oxygen atoms in total. The Labute approximate surface area is 151 Å². The van der Waals surface area contributed by atoms with Gasteiger partial charge in [0.15, 0.2) is 0 Å². The van der Waals surface area contributed by atoms with Gasteiger partial charge in [0.1, 0.15) is 6.10 Å². The molecule has 3 rings (SSSR count). The fourth-order valence-corrected chi connectivity index (χ4v) is 4.20. The van der Waals surface area contributed by atoms with Gasteiger partial charge in [0.25, 0.3) is 5.91 Å². The van der Waals surface area contributed by atoms with Crippen molar-refractivity contribution in [3.05, 3.63) is 0 Å². The van der Waals surface area contributed by atoms with Crippen molar-refractivity contribution < 1.29 is 14.3 Å². The second-order valence-corrected chi connectivity index (χ2v) is 8.00. The van der Waals surface area contributed by atoms with Gasteiger partial charge < -0.3 is 15.0 Å². The van der Waals surface area contributed by atoms with Gasteiger partial charge in [-0.1, -0.05) is 6.92 Å². The Kier molecular flexibility index (Phi) is 6.34. The molecule has 2 heterocycles. The fourth-order valence-electron chi connectivity index (χ4n) is 4.20. The Morgan fingerprint density at radius 1 is 1.04 bits per heavy atom.